The maximum Gasteiger partial charge on any atom is 0.172 e. The van der Waals surface area contributed by atoms with Crippen molar-refractivity contribution in [3.05, 3.63) is 70.2 Å². The first-order valence-corrected chi connectivity index (χ1v) is 7.61. The number of halogens is 1. The molecule has 0 radical (unpaired) electrons. The van der Waals surface area contributed by atoms with Crippen molar-refractivity contribution in [3.63, 3.8) is 0 Å². The highest BCUT2D eigenvalue weighted by molar-refractivity contribution is 7.99. The van der Waals surface area contributed by atoms with E-state index in [9.17, 15) is 4.79 Å². The standard InChI is InChI=1S/C16H15ClOS/c1-12-5-2-3-6-14(12)10-19-11-16(18)13-7-4-8-15(17)9-13/h2-9H,10-11H2,1H3. The quantitative estimate of drug-likeness (QED) is 0.738. The van der Waals surface area contributed by atoms with Crippen LogP contribution in [0.2, 0.25) is 5.02 Å². The second-order valence-electron chi connectivity index (χ2n) is 4.35. The van der Waals surface area contributed by atoms with Crippen molar-refractivity contribution in [2.45, 2.75) is 12.7 Å². The van der Waals surface area contributed by atoms with Gasteiger partial charge in [-0.2, -0.15) is 0 Å². The average molecular weight is 291 g/mol. The van der Waals surface area contributed by atoms with Crippen LogP contribution in [0.25, 0.3) is 0 Å². The topological polar surface area (TPSA) is 17.1 Å². The molecule has 0 saturated heterocycles. The van der Waals surface area contributed by atoms with Gasteiger partial charge in [-0.25, -0.2) is 0 Å². The van der Waals surface area contributed by atoms with Crippen LogP contribution >= 0.6 is 23.4 Å². The van der Waals surface area contributed by atoms with Crippen molar-refractivity contribution < 1.29 is 4.79 Å². The predicted octanol–water partition coefficient (Wildman–Crippen LogP) is 4.76. The van der Waals surface area contributed by atoms with Crippen molar-refractivity contribution in [2.75, 3.05) is 5.75 Å². The van der Waals surface area contributed by atoms with E-state index >= 15 is 0 Å². The SMILES string of the molecule is Cc1ccccc1CSCC(=O)c1cccc(Cl)c1. The predicted molar refractivity (Wildman–Crippen MR) is 83.1 cm³/mol. The molecule has 0 aliphatic carbocycles. The number of Topliss-reactive ketones (excluding diaryl/α,β-unsaturated/α-hetero) is 1. The summed E-state index contributed by atoms with van der Waals surface area (Å²) in [5, 5.41) is 0.606. The highest BCUT2D eigenvalue weighted by atomic mass is 35.5. The van der Waals surface area contributed by atoms with Gasteiger partial charge in [-0.1, -0.05) is 48.0 Å². The molecule has 0 atom stereocenters. The van der Waals surface area contributed by atoms with Crippen molar-refractivity contribution in [1.82, 2.24) is 0 Å². The Bertz CT molecular complexity index is 580. The molecule has 2 aromatic carbocycles. The van der Waals surface area contributed by atoms with E-state index in [-0.39, 0.29) is 5.78 Å². The van der Waals surface area contributed by atoms with Gasteiger partial charge in [-0.3, -0.25) is 4.79 Å². The highest BCUT2D eigenvalue weighted by Gasteiger charge is 2.07. The molecular formula is C16H15ClOS. The minimum atomic E-state index is 0.126. The summed E-state index contributed by atoms with van der Waals surface area (Å²) < 4.78 is 0. The first kappa shape index (κ1) is 14.2. The van der Waals surface area contributed by atoms with E-state index in [1.54, 1.807) is 23.9 Å². The number of thioether (sulfide) groups is 1. The Morgan fingerprint density at radius 1 is 1.16 bits per heavy atom. The van der Waals surface area contributed by atoms with Crippen molar-refractivity contribution in [2.24, 2.45) is 0 Å². The van der Waals surface area contributed by atoms with Crippen LogP contribution < -0.4 is 0 Å². The fourth-order valence-electron chi connectivity index (χ4n) is 1.77. The molecule has 0 unspecified atom stereocenters. The van der Waals surface area contributed by atoms with Gasteiger partial charge in [-0.15, -0.1) is 11.8 Å². The van der Waals surface area contributed by atoms with Gasteiger partial charge in [-0.05, 0) is 30.2 Å². The summed E-state index contributed by atoms with van der Waals surface area (Å²) in [5.74, 6) is 1.47. The molecule has 0 spiro atoms. The monoisotopic (exact) mass is 290 g/mol. The summed E-state index contributed by atoms with van der Waals surface area (Å²) in [6, 6.07) is 15.4. The zero-order chi connectivity index (χ0) is 13.7. The maximum atomic E-state index is 12.0. The Morgan fingerprint density at radius 3 is 2.68 bits per heavy atom. The van der Waals surface area contributed by atoms with Gasteiger partial charge < -0.3 is 0 Å². The molecule has 3 heteroatoms. The van der Waals surface area contributed by atoms with E-state index in [2.05, 4.69) is 19.1 Å². The molecule has 2 aromatic rings. The summed E-state index contributed by atoms with van der Waals surface area (Å²) in [4.78, 5) is 12.0. The van der Waals surface area contributed by atoms with Crippen LogP contribution in [0.4, 0.5) is 0 Å². The third-order valence-electron chi connectivity index (χ3n) is 2.90. The van der Waals surface area contributed by atoms with Crippen LogP contribution in [0.3, 0.4) is 0 Å². The molecule has 0 bridgehead atoms. The number of benzene rings is 2. The van der Waals surface area contributed by atoms with Crippen LogP contribution in [0.5, 0.6) is 0 Å². The van der Waals surface area contributed by atoms with Gasteiger partial charge in [0.05, 0.1) is 5.75 Å². The normalized spacial score (nSPS) is 10.4. The zero-order valence-corrected chi connectivity index (χ0v) is 12.3. The van der Waals surface area contributed by atoms with E-state index in [4.69, 9.17) is 11.6 Å². The molecule has 0 aromatic heterocycles. The summed E-state index contributed by atoms with van der Waals surface area (Å²) in [6.07, 6.45) is 0. The van der Waals surface area contributed by atoms with Gasteiger partial charge in [0.15, 0.2) is 5.78 Å². The van der Waals surface area contributed by atoms with Crippen LogP contribution in [0.15, 0.2) is 48.5 Å². The lowest BCUT2D eigenvalue weighted by atomic mass is 10.1. The Kier molecular flexibility index (Phi) is 5.06. The summed E-state index contributed by atoms with van der Waals surface area (Å²) in [5.41, 5.74) is 3.24. The summed E-state index contributed by atoms with van der Waals surface area (Å²) >= 11 is 7.52. The number of hydrogen-bond acceptors (Lipinski definition) is 2. The lowest BCUT2D eigenvalue weighted by Gasteiger charge is -2.05. The first-order chi connectivity index (χ1) is 9.16. The van der Waals surface area contributed by atoms with Gasteiger partial charge in [0.1, 0.15) is 0 Å². The van der Waals surface area contributed by atoms with E-state index in [0.717, 1.165) is 5.75 Å². The summed E-state index contributed by atoms with van der Waals surface area (Å²) in [7, 11) is 0. The maximum absolute atomic E-state index is 12.0. The molecular weight excluding hydrogens is 276 g/mol. The lowest BCUT2D eigenvalue weighted by Crippen LogP contribution is -2.02. The molecule has 0 heterocycles. The highest BCUT2D eigenvalue weighted by Crippen LogP contribution is 2.18. The van der Waals surface area contributed by atoms with Crippen LogP contribution in [-0.2, 0) is 5.75 Å². The molecule has 1 nitrogen and oxygen atoms in total. The lowest BCUT2D eigenvalue weighted by molar-refractivity contribution is 0.102. The second-order valence-corrected chi connectivity index (χ2v) is 5.77. The first-order valence-electron chi connectivity index (χ1n) is 6.08. The fraction of sp³-hybridized carbons (Fsp3) is 0.188. The molecule has 19 heavy (non-hydrogen) atoms. The Morgan fingerprint density at radius 2 is 1.95 bits per heavy atom. The number of hydrogen-bond donors (Lipinski definition) is 0. The molecule has 0 saturated carbocycles. The van der Waals surface area contributed by atoms with Gasteiger partial charge >= 0.3 is 0 Å². The van der Waals surface area contributed by atoms with Crippen LogP contribution in [-0.4, -0.2) is 11.5 Å². The van der Waals surface area contributed by atoms with E-state index in [1.165, 1.54) is 11.1 Å². The van der Waals surface area contributed by atoms with Crippen LogP contribution in [0.1, 0.15) is 21.5 Å². The van der Waals surface area contributed by atoms with E-state index < -0.39 is 0 Å². The van der Waals surface area contributed by atoms with Crippen molar-refractivity contribution in [1.29, 1.82) is 0 Å². The number of ketones is 1. The third-order valence-corrected chi connectivity index (χ3v) is 4.12. The smallest absolute Gasteiger partial charge is 0.172 e. The van der Waals surface area contributed by atoms with Crippen LogP contribution in [0, 0.1) is 6.92 Å². The van der Waals surface area contributed by atoms with Gasteiger partial charge in [0.2, 0.25) is 0 Å². The largest absolute Gasteiger partial charge is 0.293 e. The zero-order valence-electron chi connectivity index (χ0n) is 10.7. The molecule has 2 rings (SSSR count). The number of carbonyl (C=O) groups excluding carboxylic acids is 1. The number of aryl methyl sites for hydroxylation is 1. The molecule has 98 valence electrons. The minimum absolute atomic E-state index is 0.126. The Balaban J connectivity index is 1.90. The Labute approximate surface area is 123 Å². The average Bonchev–Trinajstić information content (AvgIpc) is 2.41. The van der Waals surface area contributed by atoms with E-state index in [0.29, 0.717) is 16.3 Å². The third kappa shape index (κ3) is 4.12. The van der Waals surface area contributed by atoms with E-state index in [1.807, 2.05) is 24.3 Å². The summed E-state index contributed by atoms with van der Waals surface area (Å²) in [6.45, 7) is 2.09. The Hall–Kier alpha value is -1.25. The molecule has 0 fully saturated rings. The number of carbonyl (C=O) groups is 1. The molecule has 0 aliphatic rings. The minimum Gasteiger partial charge on any atom is -0.293 e. The second kappa shape index (κ2) is 6.78. The molecule has 0 aliphatic heterocycles. The molecule has 0 amide bonds. The van der Waals surface area contributed by atoms with Gasteiger partial charge in [0, 0.05) is 16.3 Å². The van der Waals surface area contributed by atoms with Gasteiger partial charge in [0.25, 0.3) is 0 Å². The van der Waals surface area contributed by atoms with Crippen molar-refractivity contribution in [3.8, 4) is 0 Å². The molecule has 0 N–H and O–H groups in total. The number of rotatable bonds is 5. The fourth-order valence-corrected chi connectivity index (χ4v) is 2.96. The van der Waals surface area contributed by atoms with Crippen molar-refractivity contribution >= 4 is 29.1 Å².